The predicted molar refractivity (Wildman–Crippen MR) is 126 cm³/mol. The van der Waals surface area contributed by atoms with E-state index >= 15 is 0 Å². The van der Waals surface area contributed by atoms with Gasteiger partial charge in [-0.2, -0.15) is 8.42 Å². The number of hydrogen-bond donors (Lipinski definition) is 1. The molecule has 0 atom stereocenters. The fourth-order valence-electron chi connectivity index (χ4n) is 3.09. The zero-order valence-corrected chi connectivity index (χ0v) is 19.8. The molecular weight excluding hydrogens is 476 g/mol. The lowest BCUT2D eigenvalue weighted by atomic mass is 10.2. The Bertz CT molecular complexity index is 1460. The van der Waals surface area contributed by atoms with Gasteiger partial charge in [0.15, 0.2) is 0 Å². The van der Waals surface area contributed by atoms with Crippen molar-refractivity contribution >= 4 is 20.1 Å². The molecule has 0 unspecified atom stereocenters. The number of oxazole rings is 1. The maximum absolute atomic E-state index is 12.6. The van der Waals surface area contributed by atoms with Crippen molar-refractivity contribution in [1.29, 1.82) is 0 Å². The molecule has 34 heavy (non-hydrogen) atoms. The SMILES string of the molecule is Cc1ccc(S(=O)(=O)Oc2ccc(S(=O)(=O)NCCc3coc(-c4ccccc4)n3)cc2)cc1. The Morgan fingerprint density at radius 3 is 2.18 bits per heavy atom. The first kappa shape index (κ1) is 23.7. The van der Waals surface area contributed by atoms with Gasteiger partial charge >= 0.3 is 10.1 Å². The first-order valence-corrected chi connectivity index (χ1v) is 13.2. The number of aryl methyl sites for hydroxylation is 1. The zero-order chi connectivity index (χ0) is 24.2. The second-order valence-electron chi connectivity index (χ2n) is 7.48. The van der Waals surface area contributed by atoms with E-state index in [0.717, 1.165) is 11.1 Å². The predicted octanol–water partition coefficient (Wildman–Crippen LogP) is 3.94. The van der Waals surface area contributed by atoms with Crippen LogP contribution in [0.1, 0.15) is 11.3 Å². The summed E-state index contributed by atoms with van der Waals surface area (Å²) in [6.45, 7) is 1.96. The monoisotopic (exact) mass is 498 g/mol. The summed E-state index contributed by atoms with van der Waals surface area (Å²) >= 11 is 0. The maximum atomic E-state index is 12.6. The molecule has 1 aromatic heterocycles. The van der Waals surface area contributed by atoms with E-state index in [1.165, 1.54) is 42.7 Å². The molecule has 3 aromatic carbocycles. The molecule has 0 aliphatic carbocycles. The van der Waals surface area contributed by atoms with Gasteiger partial charge in [-0.15, -0.1) is 0 Å². The number of benzene rings is 3. The van der Waals surface area contributed by atoms with Crippen LogP contribution in [-0.4, -0.2) is 28.4 Å². The van der Waals surface area contributed by atoms with Crippen molar-refractivity contribution in [3.05, 3.63) is 96.4 Å². The van der Waals surface area contributed by atoms with Crippen LogP contribution in [0.3, 0.4) is 0 Å². The van der Waals surface area contributed by atoms with Gasteiger partial charge in [-0.3, -0.25) is 0 Å². The molecule has 4 rings (SSSR count). The van der Waals surface area contributed by atoms with Gasteiger partial charge in [-0.1, -0.05) is 35.9 Å². The molecule has 0 bridgehead atoms. The summed E-state index contributed by atoms with van der Waals surface area (Å²) in [7, 11) is -7.83. The summed E-state index contributed by atoms with van der Waals surface area (Å²) in [6.07, 6.45) is 1.84. The molecule has 0 radical (unpaired) electrons. The molecule has 176 valence electrons. The first-order chi connectivity index (χ1) is 16.2. The van der Waals surface area contributed by atoms with E-state index in [9.17, 15) is 16.8 Å². The van der Waals surface area contributed by atoms with Crippen molar-refractivity contribution in [2.24, 2.45) is 0 Å². The first-order valence-electron chi connectivity index (χ1n) is 10.3. The topological polar surface area (TPSA) is 116 Å². The van der Waals surface area contributed by atoms with E-state index in [1.54, 1.807) is 12.1 Å². The molecule has 8 nitrogen and oxygen atoms in total. The van der Waals surface area contributed by atoms with Crippen molar-refractivity contribution in [2.75, 3.05) is 6.54 Å². The molecule has 0 aliphatic heterocycles. The van der Waals surface area contributed by atoms with E-state index in [-0.39, 0.29) is 22.1 Å². The van der Waals surface area contributed by atoms with Gasteiger partial charge in [0.05, 0.1) is 10.6 Å². The highest BCUT2D eigenvalue weighted by molar-refractivity contribution is 7.89. The number of nitrogens with zero attached hydrogens (tertiary/aromatic N) is 1. The molecule has 0 aliphatic rings. The Balaban J connectivity index is 1.36. The lowest BCUT2D eigenvalue weighted by Crippen LogP contribution is -2.26. The fourth-order valence-corrected chi connectivity index (χ4v) is 5.05. The van der Waals surface area contributed by atoms with Crippen LogP contribution in [0.4, 0.5) is 0 Å². The van der Waals surface area contributed by atoms with Gasteiger partial charge in [-0.05, 0) is 55.5 Å². The third-order valence-corrected chi connectivity index (χ3v) is 7.63. The van der Waals surface area contributed by atoms with E-state index in [4.69, 9.17) is 8.60 Å². The molecule has 1 heterocycles. The maximum Gasteiger partial charge on any atom is 0.339 e. The quantitative estimate of drug-likeness (QED) is 0.348. The highest BCUT2D eigenvalue weighted by atomic mass is 32.2. The molecule has 0 saturated carbocycles. The third kappa shape index (κ3) is 5.71. The normalized spacial score (nSPS) is 11.9. The lowest BCUT2D eigenvalue weighted by molar-refractivity contribution is 0.486. The van der Waals surface area contributed by atoms with Crippen molar-refractivity contribution in [2.45, 2.75) is 23.1 Å². The summed E-state index contributed by atoms with van der Waals surface area (Å²) in [5, 5.41) is 0. The molecule has 0 spiro atoms. The number of rotatable bonds is 9. The largest absolute Gasteiger partial charge is 0.444 e. The molecule has 10 heteroatoms. The summed E-state index contributed by atoms with van der Waals surface area (Å²) in [5.74, 6) is 0.477. The number of sulfonamides is 1. The van der Waals surface area contributed by atoms with Gasteiger partial charge in [0, 0.05) is 18.5 Å². The van der Waals surface area contributed by atoms with Crippen LogP contribution < -0.4 is 8.91 Å². The number of nitrogens with one attached hydrogen (secondary N) is 1. The van der Waals surface area contributed by atoms with E-state index in [1.807, 2.05) is 37.3 Å². The molecule has 0 fully saturated rings. The fraction of sp³-hybridized carbons (Fsp3) is 0.125. The second-order valence-corrected chi connectivity index (χ2v) is 10.8. The highest BCUT2D eigenvalue weighted by Gasteiger charge is 2.18. The van der Waals surface area contributed by atoms with Gasteiger partial charge in [0.1, 0.15) is 16.9 Å². The van der Waals surface area contributed by atoms with Gasteiger partial charge in [0.2, 0.25) is 15.9 Å². The van der Waals surface area contributed by atoms with Crippen LogP contribution in [0, 0.1) is 6.92 Å². The minimum absolute atomic E-state index is 0.00978. The molecule has 0 amide bonds. The van der Waals surface area contributed by atoms with Crippen LogP contribution in [0.5, 0.6) is 5.75 Å². The summed E-state index contributed by atoms with van der Waals surface area (Å²) in [6, 6.07) is 20.8. The molecule has 4 aromatic rings. The minimum atomic E-state index is -4.02. The third-order valence-electron chi connectivity index (χ3n) is 4.90. The standard InChI is InChI=1S/C24H22N2O6S2/c1-18-7-11-23(12-8-18)34(29,30)32-21-9-13-22(14-10-21)33(27,28)25-16-15-20-17-31-24(26-20)19-5-3-2-4-6-19/h2-14,17,25H,15-16H2,1H3. The minimum Gasteiger partial charge on any atom is -0.444 e. The summed E-state index contributed by atoms with van der Waals surface area (Å²) in [4.78, 5) is 4.37. The van der Waals surface area contributed by atoms with E-state index in [2.05, 4.69) is 9.71 Å². The van der Waals surface area contributed by atoms with Gasteiger partial charge in [-0.25, -0.2) is 18.1 Å². The Morgan fingerprint density at radius 1 is 0.853 bits per heavy atom. The van der Waals surface area contributed by atoms with Crippen LogP contribution in [0.2, 0.25) is 0 Å². The van der Waals surface area contributed by atoms with E-state index in [0.29, 0.717) is 18.0 Å². The summed E-state index contributed by atoms with van der Waals surface area (Å²) < 4.78 is 63.0. The van der Waals surface area contributed by atoms with Crippen molar-refractivity contribution in [3.63, 3.8) is 0 Å². The van der Waals surface area contributed by atoms with Crippen LogP contribution in [0.15, 0.2) is 99.3 Å². The average Bonchev–Trinajstić information content (AvgIpc) is 3.29. The Kier molecular flexibility index (Phi) is 6.82. The molecule has 1 N–H and O–H groups in total. The molecule has 0 saturated heterocycles. The van der Waals surface area contributed by atoms with Crippen LogP contribution in [0.25, 0.3) is 11.5 Å². The van der Waals surface area contributed by atoms with Crippen molar-refractivity contribution in [3.8, 4) is 17.2 Å². The highest BCUT2D eigenvalue weighted by Crippen LogP contribution is 2.21. The van der Waals surface area contributed by atoms with Crippen LogP contribution in [-0.2, 0) is 26.6 Å². The summed E-state index contributed by atoms with van der Waals surface area (Å²) in [5.41, 5.74) is 2.37. The Labute approximate surface area is 198 Å². The zero-order valence-electron chi connectivity index (χ0n) is 18.2. The molecular formula is C24H22N2O6S2. The van der Waals surface area contributed by atoms with Gasteiger partial charge in [0.25, 0.3) is 0 Å². The van der Waals surface area contributed by atoms with Gasteiger partial charge < -0.3 is 8.60 Å². The van der Waals surface area contributed by atoms with E-state index < -0.39 is 20.1 Å². The Morgan fingerprint density at radius 2 is 1.50 bits per heavy atom. The average molecular weight is 499 g/mol. The number of hydrogen-bond acceptors (Lipinski definition) is 7. The second kappa shape index (κ2) is 9.80. The smallest absolute Gasteiger partial charge is 0.339 e. The van der Waals surface area contributed by atoms with Crippen molar-refractivity contribution in [1.82, 2.24) is 9.71 Å². The van der Waals surface area contributed by atoms with Crippen molar-refractivity contribution < 1.29 is 25.4 Å². The van der Waals surface area contributed by atoms with Crippen LogP contribution >= 0.6 is 0 Å². The lowest BCUT2D eigenvalue weighted by Gasteiger charge is -2.09. The Hall–Kier alpha value is -3.47. The number of aromatic nitrogens is 1.